The average molecular weight is 219 g/mol. The van der Waals surface area contributed by atoms with Crippen molar-refractivity contribution in [3.05, 3.63) is 29.8 Å². The van der Waals surface area contributed by atoms with Crippen molar-refractivity contribution in [2.75, 3.05) is 13.1 Å². The van der Waals surface area contributed by atoms with Crippen LogP contribution < -0.4 is 5.32 Å². The summed E-state index contributed by atoms with van der Waals surface area (Å²) in [5.74, 6) is 1.27. The number of H-pyrrole nitrogens is 1. The summed E-state index contributed by atoms with van der Waals surface area (Å²) in [4.78, 5) is 7.75. The summed E-state index contributed by atoms with van der Waals surface area (Å²) in [6.07, 6.45) is 2.20. The standard InChI is InChI=1S/C12H14FN3/c13-9-1-2-10-11(7-9)16-12(15-10)8-3-5-14-6-4-8/h1-2,7-8,14H,3-6H2,(H,15,16). The zero-order chi connectivity index (χ0) is 11.0. The lowest BCUT2D eigenvalue weighted by Crippen LogP contribution is -2.27. The molecule has 84 valence electrons. The number of piperidine rings is 1. The predicted molar refractivity (Wildman–Crippen MR) is 60.9 cm³/mol. The first kappa shape index (κ1) is 9.78. The highest BCUT2D eigenvalue weighted by Gasteiger charge is 2.18. The van der Waals surface area contributed by atoms with Crippen molar-refractivity contribution in [1.29, 1.82) is 0 Å². The Kier molecular flexibility index (Phi) is 2.36. The Labute approximate surface area is 93.1 Å². The van der Waals surface area contributed by atoms with Crippen molar-refractivity contribution in [1.82, 2.24) is 15.3 Å². The Bertz CT molecular complexity index is 500. The van der Waals surface area contributed by atoms with Gasteiger partial charge >= 0.3 is 0 Å². The molecule has 1 aromatic heterocycles. The first-order valence-electron chi connectivity index (χ1n) is 5.69. The van der Waals surface area contributed by atoms with Crippen molar-refractivity contribution in [3.63, 3.8) is 0 Å². The molecule has 0 unspecified atom stereocenters. The van der Waals surface area contributed by atoms with Crippen LogP contribution in [-0.2, 0) is 0 Å². The maximum Gasteiger partial charge on any atom is 0.125 e. The van der Waals surface area contributed by atoms with Crippen molar-refractivity contribution < 1.29 is 4.39 Å². The number of nitrogens with one attached hydrogen (secondary N) is 2. The van der Waals surface area contributed by atoms with Gasteiger partial charge in [0, 0.05) is 5.92 Å². The number of benzene rings is 1. The van der Waals surface area contributed by atoms with Gasteiger partial charge in [-0.25, -0.2) is 9.37 Å². The molecule has 2 N–H and O–H groups in total. The van der Waals surface area contributed by atoms with Crippen LogP contribution in [0.2, 0.25) is 0 Å². The summed E-state index contributed by atoms with van der Waals surface area (Å²) >= 11 is 0. The molecule has 0 aliphatic carbocycles. The number of imidazole rings is 1. The summed E-state index contributed by atoms with van der Waals surface area (Å²) in [7, 11) is 0. The van der Waals surface area contributed by atoms with Crippen molar-refractivity contribution in [2.45, 2.75) is 18.8 Å². The first-order chi connectivity index (χ1) is 7.83. The second-order valence-corrected chi connectivity index (χ2v) is 4.31. The normalized spacial score (nSPS) is 18.1. The van der Waals surface area contributed by atoms with Gasteiger partial charge in [0.1, 0.15) is 11.6 Å². The van der Waals surface area contributed by atoms with Crippen LogP contribution in [0.5, 0.6) is 0 Å². The monoisotopic (exact) mass is 219 g/mol. The smallest absolute Gasteiger partial charge is 0.125 e. The van der Waals surface area contributed by atoms with E-state index in [1.807, 2.05) is 0 Å². The fourth-order valence-corrected chi connectivity index (χ4v) is 2.29. The zero-order valence-corrected chi connectivity index (χ0v) is 8.96. The fourth-order valence-electron chi connectivity index (χ4n) is 2.29. The summed E-state index contributed by atoms with van der Waals surface area (Å²) in [5.41, 5.74) is 1.66. The average Bonchev–Trinajstić information content (AvgIpc) is 2.73. The first-order valence-corrected chi connectivity index (χ1v) is 5.69. The predicted octanol–water partition coefficient (Wildman–Crippen LogP) is 2.17. The van der Waals surface area contributed by atoms with E-state index in [0.717, 1.165) is 42.8 Å². The maximum atomic E-state index is 13.0. The van der Waals surface area contributed by atoms with Crippen LogP contribution in [0.25, 0.3) is 11.0 Å². The quantitative estimate of drug-likeness (QED) is 0.771. The third-order valence-corrected chi connectivity index (χ3v) is 3.19. The van der Waals surface area contributed by atoms with E-state index in [2.05, 4.69) is 15.3 Å². The van der Waals surface area contributed by atoms with Crippen LogP contribution in [0.15, 0.2) is 18.2 Å². The molecule has 3 rings (SSSR count). The Morgan fingerprint density at radius 1 is 1.25 bits per heavy atom. The molecule has 4 heteroatoms. The number of hydrogen-bond acceptors (Lipinski definition) is 2. The van der Waals surface area contributed by atoms with Gasteiger partial charge in [-0.2, -0.15) is 0 Å². The van der Waals surface area contributed by atoms with Gasteiger partial charge in [-0.15, -0.1) is 0 Å². The van der Waals surface area contributed by atoms with E-state index < -0.39 is 0 Å². The number of aromatic nitrogens is 2. The minimum Gasteiger partial charge on any atom is -0.342 e. The van der Waals surface area contributed by atoms with Gasteiger partial charge in [-0.1, -0.05) is 0 Å². The summed E-state index contributed by atoms with van der Waals surface area (Å²) in [5, 5.41) is 3.33. The Hall–Kier alpha value is -1.42. The molecule has 1 aliphatic rings. The molecule has 1 fully saturated rings. The van der Waals surface area contributed by atoms with Crippen molar-refractivity contribution in [3.8, 4) is 0 Å². The highest BCUT2D eigenvalue weighted by Crippen LogP contribution is 2.25. The number of rotatable bonds is 1. The number of hydrogen-bond donors (Lipinski definition) is 2. The molecule has 2 aromatic rings. The van der Waals surface area contributed by atoms with Gasteiger partial charge < -0.3 is 10.3 Å². The number of nitrogens with zero attached hydrogens (tertiary/aromatic N) is 1. The van der Waals surface area contributed by atoms with E-state index in [1.54, 1.807) is 6.07 Å². The highest BCUT2D eigenvalue weighted by molar-refractivity contribution is 5.75. The molecule has 0 bridgehead atoms. The molecule has 1 saturated heterocycles. The lowest BCUT2D eigenvalue weighted by Gasteiger charge is -2.20. The highest BCUT2D eigenvalue weighted by atomic mass is 19.1. The largest absolute Gasteiger partial charge is 0.342 e. The van der Waals surface area contributed by atoms with Gasteiger partial charge in [0.05, 0.1) is 11.0 Å². The topological polar surface area (TPSA) is 40.7 Å². The van der Waals surface area contributed by atoms with E-state index in [0.29, 0.717) is 5.92 Å². The lowest BCUT2D eigenvalue weighted by molar-refractivity contribution is 0.448. The van der Waals surface area contributed by atoms with Gasteiger partial charge in [-0.3, -0.25) is 0 Å². The molecule has 16 heavy (non-hydrogen) atoms. The van der Waals surface area contributed by atoms with E-state index in [9.17, 15) is 4.39 Å². The molecule has 0 saturated carbocycles. The number of fused-ring (bicyclic) bond motifs is 1. The van der Waals surface area contributed by atoms with Crippen molar-refractivity contribution in [2.24, 2.45) is 0 Å². The molecule has 0 radical (unpaired) electrons. The fraction of sp³-hybridized carbons (Fsp3) is 0.417. The zero-order valence-electron chi connectivity index (χ0n) is 8.96. The van der Waals surface area contributed by atoms with Crippen LogP contribution in [0, 0.1) is 5.82 Å². The van der Waals surface area contributed by atoms with Crippen LogP contribution in [-0.4, -0.2) is 23.1 Å². The Morgan fingerprint density at radius 2 is 2.06 bits per heavy atom. The molecule has 2 heterocycles. The second kappa shape index (κ2) is 3.87. The Morgan fingerprint density at radius 3 is 2.88 bits per heavy atom. The van der Waals surface area contributed by atoms with Crippen LogP contribution in [0.4, 0.5) is 4.39 Å². The molecule has 1 aromatic carbocycles. The third-order valence-electron chi connectivity index (χ3n) is 3.19. The lowest BCUT2D eigenvalue weighted by atomic mass is 9.98. The molecule has 1 aliphatic heterocycles. The maximum absolute atomic E-state index is 13.0. The molecule has 3 nitrogen and oxygen atoms in total. The van der Waals surface area contributed by atoms with Crippen LogP contribution in [0.3, 0.4) is 0 Å². The number of aromatic amines is 1. The van der Waals surface area contributed by atoms with Gasteiger partial charge in [0.15, 0.2) is 0 Å². The van der Waals surface area contributed by atoms with Crippen molar-refractivity contribution >= 4 is 11.0 Å². The number of halogens is 1. The molecule has 0 amide bonds. The Balaban J connectivity index is 1.97. The van der Waals surface area contributed by atoms with E-state index in [4.69, 9.17) is 0 Å². The van der Waals surface area contributed by atoms with E-state index in [1.165, 1.54) is 12.1 Å². The summed E-state index contributed by atoms with van der Waals surface area (Å²) < 4.78 is 13.0. The molecule has 0 spiro atoms. The van der Waals surface area contributed by atoms with Gasteiger partial charge in [0.25, 0.3) is 0 Å². The minimum absolute atomic E-state index is 0.215. The van der Waals surface area contributed by atoms with E-state index in [-0.39, 0.29) is 5.82 Å². The summed E-state index contributed by atoms with van der Waals surface area (Å²) in [6.45, 7) is 2.08. The van der Waals surface area contributed by atoms with Crippen LogP contribution in [0.1, 0.15) is 24.6 Å². The van der Waals surface area contributed by atoms with Gasteiger partial charge in [-0.05, 0) is 44.1 Å². The van der Waals surface area contributed by atoms with Crippen LogP contribution >= 0.6 is 0 Å². The molecular formula is C12H14FN3. The SMILES string of the molecule is Fc1ccc2nc(C3CCNCC3)[nH]c2c1. The molecule has 0 atom stereocenters. The molecular weight excluding hydrogens is 205 g/mol. The van der Waals surface area contributed by atoms with Gasteiger partial charge in [0.2, 0.25) is 0 Å². The second-order valence-electron chi connectivity index (χ2n) is 4.31. The summed E-state index contributed by atoms with van der Waals surface area (Å²) in [6, 6.07) is 4.69. The third kappa shape index (κ3) is 1.69. The van der Waals surface area contributed by atoms with E-state index >= 15 is 0 Å². The minimum atomic E-state index is -0.215.